The van der Waals surface area contributed by atoms with Crippen molar-refractivity contribution in [2.75, 3.05) is 23.3 Å². The number of nitrogens with zero attached hydrogens (tertiary/aromatic N) is 2. The molecule has 4 rings (SSSR count). The topological polar surface area (TPSA) is 106 Å². The number of nitro benzene ring substituents is 1. The normalized spacial score (nSPS) is 14.7. The van der Waals surface area contributed by atoms with E-state index in [4.69, 9.17) is 4.42 Å². The number of anilines is 2. The van der Waals surface area contributed by atoms with Crippen molar-refractivity contribution in [1.82, 2.24) is 0 Å². The molecule has 0 atom stereocenters. The van der Waals surface area contributed by atoms with Gasteiger partial charge in [-0.05, 0) is 43.2 Å². The molecule has 0 aliphatic carbocycles. The third-order valence-corrected chi connectivity index (χ3v) is 5.17. The van der Waals surface area contributed by atoms with Gasteiger partial charge >= 0.3 is 5.63 Å². The summed E-state index contributed by atoms with van der Waals surface area (Å²) in [6, 6.07) is 14.8. The average molecular weight is 393 g/mol. The second-order valence-corrected chi connectivity index (χ2v) is 7.00. The van der Waals surface area contributed by atoms with Gasteiger partial charge in [0.05, 0.1) is 4.92 Å². The van der Waals surface area contributed by atoms with Crippen LogP contribution >= 0.6 is 0 Å². The SMILES string of the molecule is O=C(Nc1ccc2oc(=O)ccc2c1)C1CCN(c2ccccc2[N+](=O)[O-])CC1. The van der Waals surface area contributed by atoms with Crippen LogP contribution in [0.15, 0.2) is 63.8 Å². The van der Waals surface area contributed by atoms with E-state index in [1.165, 1.54) is 12.1 Å². The highest BCUT2D eigenvalue weighted by atomic mass is 16.6. The van der Waals surface area contributed by atoms with Crippen LogP contribution in [0.25, 0.3) is 11.0 Å². The largest absolute Gasteiger partial charge is 0.423 e. The van der Waals surface area contributed by atoms with Gasteiger partial charge in [0.1, 0.15) is 11.3 Å². The quantitative estimate of drug-likeness (QED) is 0.413. The van der Waals surface area contributed by atoms with Crippen LogP contribution in [0.2, 0.25) is 0 Å². The summed E-state index contributed by atoms with van der Waals surface area (Å²) in [4.78, 5) is 36.7. The van der Waals surface area contributed by atoms with Crippen LogP contribution in [0.5, 0.6) is 0 Å². The van der Waals surface area contributed by atoms with Gasteiger partial charge in [-0.2, -0.15) is 0 Å². The van der Waals surface area contributed by atoms with E-state index in [9.17, 15) is 19.7 Å². The Morgan fingerprint density at radius 3 is 2.62 bits per heavy atom. The minimum atomic E-state index is -0.417. The van der Waals surface area contributed by atoms with Gasteiger partial charge in [0.25, 0.3) is 5.69 Å². The third kappa shape index (κ3) is 3.96. The Balaban J connectivity index is 1.41. The molecule has 2 aromatic carbocycles. The van der Waals surface area contributed by atoms with E-state index in [2.05, 4.69) is 5.32 Å². The Labute approximate surface area is 165 Å². The average Bonchev–Trinajstić information content (AvgIpc) is 2.74. The summed E-state index contributed by atoms with van der Waals surface area (Å²) in [5, 5.41) is 14.9. The molecule has 1 aromatic heterocycles. The fraction of sp³-hybridized carbons (Fsp3) is 0.238. The van der Waals surface area contributed by atoms with E-state index in [1.807, 2.05) is 4.90 Å². The van der Waals surface area contributed by atoms with Gasteiger partial charge in [-0.1, -0.05) is 12.1 Å². The first-order chi connectivity index (χ1) is 14.0. The van der Waals surface area contributed by atoms with E-state index < -0.39 is 5.63 Å². The maximum Gasteiger partial charge on any atom is 0.336 e. The van der Waals surface area contributed by atoms with Crippen molar-refractivity contribution in [3.8, 4) is 0 Å². The van der Waals surface area contributed by atoms with Gasteiger partial charge in [0.2, 0.25) is 5.91 Å². The number of nitrogens with one attached hydrogen (secondary N) is 1. The van der Waals surface area contributed by atoms with Crippen LogP contribution in [0, 0.1) is 16.0 Å². The van der Waals surface area contributed by atoms with Crippen LogP contribution in [0.3, 0.4) is 0 Å². The van der Waals surface area contributed by atoms with Crippen molar-refractivity contribution in [3.63, 3.8) is 0 Å². The lowest BCUT2D eigenvalue weighted by Gasteiger charge is -2.32. The molecule has 0 bridgehead atoms. The number of nitro groups is 1. The van der Waals surface area contributed by atoms with Crippen molar-refractivity contribution in [1.29, 1.82) is 0 Å². The summed E-state index contributed by atoms with van der Waals surface area (Å²) < 4.78 is 5.10. The Morgan fingerprint density at radius 2 is 1.86 bits per heavy atom. The fourth-order valence-electron chi connectivity index (χ4n) is 3.66. The molecular weight excluding hydrogens is 374 g/mol. The first kappa shape index (κ1) is 18.7. The molecule has 1 fully saturated rings. The Hall–Kier alpha value is -3.68. The van der Waals surface area contributed by atoms with Crippen molar-refractivity contribution in [2.24, 2.45) is 5.92 Å². The van der Waals surface area contributed by atoms with Gasteiger partial charge in [0.15, 0.2) is 0 Å². The van der Waals surface area contributed by atoms with Crippen LogP contribution in [0.4, 0.5) is 17.1 Å². The van der Waals surface area contributed by atoms with Crippen LogP contribution < -0.4 is 15.8 Å². The first-order valence-electron chi connectivity index (χ1n) is 9.34. The van der Waals surface area contributed by atoms with Crippen LogP contribution in [0.1, 0.15) is 12.8 Å². The summed E-state index contributed by atoms with van der Waals surface area (Å²) in [5.41, 5.74) is 1.36. The van der Waals surface area contributed by atoms with Gasteiger partial charge in [-0.15, -0.1) is 0 Å². The molecule has 0 spiro atoms. The minimum Gasteiger partial charge on any atom is -0.423 e. The van der Waals surface area contributed by atoms with Crippen LogP contribution in [-0.4, -0.2) is 23.9 Å². The molecule has 8 heteroatoms. The zero-order valence-corrected chi connectivity index (χ0v) is 15.5. The first-order valence-corrected chi connectivity index (χ1v) is 9.34. The molecule has 29 heavy (non-hydrogen) atoms. The Kier molecular flexibility index (Phi) is 4.99. The maximum absolute atomic E-state index is 12.7. The zero-order valence-electron chi connectivity index (χ0n) is 15.5. The molecule has 0 saturated carbocycles. The molecule has 1 N–H and O–H groups in total. The van der Waals surface area contributed by atoms with E-state index >= 15 is 0 Å². The lowest BCUT2D eigenvalue weighted by Crippen LogP contribution is -2.38. The molecule has 1 aliphatic rings. The number of para-hydroxylation sites is 2. The van der Waals surface area contributed by atoms with Gasteiger partial charge in [0, 0.05) is 42.2 Å². The molecule has 8 nitrogen and oxygen atoms in total. The zero-order chi connectivity index (χ0) is 20.4. The number of carbonyl (C=O) groups is 1. The molecule has 1 amide bonds. The van der Waals surface area contributed by atoms with Crippen molar-refractivity contribution < 1.29 is 14.1 Å². The molecule has 0 radical (unpaired) electrons. The predicted octanol–water partition coefficient (Wildman–Crippen LogP) is 3.56. The summed E-state index contributed by atoms with van der Waals surface area (Å²) in [6.07, 6.45) is 1.22. The number of fused-ring (bicyclic) bond motifs is 1. The summed E-state index contributed by atoms with van der Waals surface area (Å²) in [5.74, 6) is -0.248. The standard InChI is InChI=1S/C21H19N3O5/c25-20-8-5-15-13-16(6-7-19(15)29-20)22-21(26)14-9-11-23(12-10-14)17-3-1-2-4-18(17)24(27)28/h1-8,13-14H,9-12H2,(H,22,26). The summed E-state index contributed by atoms with van der Waals surface area (Å²) >= 11 is 0. The highest BCUT2D eigenvalue weighted by molar-refractivity contribution is 5.94. The molecule has 3 aromatic rings. The number of hydrogen-bond donors (Lipinski definition) is 1. The number of amides is 1. The van der Waals surface area contributed by atoms with Crippen molar-refractivity contribution in [2.45, 2.75) is 12.8 Å². The molecular formula is C21H19N3O5. The Morgan fingerprint density at radius 1 is 1.10 bits per heavy atom. The lowest BCUT2D eigenvalue weighted by molar-refractivity contribution is -0.384. The van der Waals surface area contributed by atoms with E-state index in [0.29, 0.717) is 42.9 Å². The molecule has 2 heterocycles. The minimum absolute atomic E-state index is 0.0797. The molecule has 0 unspecified atom stereocenters. The number of carbonyl (C=O) groups excluding carboxylic acids is 1. The maximum atomic E-state index is 12.7. The summed E-state index contributed by atoms with van der Waals surface area (Å²) in [6.45, 7) is 1.15. The number of hydrogen-bond acceptors (Lipinski definition) is 6. The third-order valence-electron chi connectivity index (χ3n) is 5.17. The monoisotopic (exact) mass is 393 g/mol. The number of piperidine rings is 1. The van der Waals surface area contributed by atoms with Crippen molar-refractivity contribution in [3.05, 3.63) is 75.1 Å². The molecule has 1 aliphatic heterocycles. The van der Waals surface area contributed by atoms with Crippen molar-refractivity contribution >= 4 is 33.9 Å². The predicted molar refractivity (Wildman–Crippen MR) is 109 cm³/mol. The smallest absolute Gasteiger partial charge is 0.336 e. The van der Waals surface area contributed by atoms with Gasteiger partial charge in [-0.3, -0.25) is 14.9 Å². The van der Waals surface area contributed by atoms with E-state index in [-0.39, 0.29) is 22.4 Å². The van der Waals surface area contributed by atoms with Crippen LogP contribution in [-0.2, 0) is 4.79 Å². The van der Waals surface area contributed by atoms with E-state index in [1.54, 1.807) is 42.5 Å². The highest BCUT2D eigenvalue weighted by Crippen LogP contribution is 2.31. The van der Waals surface area contributed by atoms with E-state index in [0.717, 1.165) is 5.39 Å². The summed E-state index contributed by atoms with van der Waals surface area (Å²) in [7, 11) is 0. The second kappa shape index (κ2) is 7.75. The lowest BCUT2D eigenvalue weighted by atomic mass is 9.95. The molecule has 1 saturated heterocycles. The van der Waals surface area contributed by atoms with Gasteiger partial charge < -0.3 is 14.6 Å². The fourth-order valence-corrected chi connectivity index (χ4v) is 3.66. The molecule has 148 valence electrons. The number of benzene rings is 2. The van der Waals surface area contributed by atoms with Gasteiger partial charge in [-0.25, -0.2) is 4.79 Å². The Bertz CT molecular complexity index is 1130. The highest BCUT2D eigenvalue weighted by Gasteiger charge is 2.28. The number of rotatable bonds is 4. The second-order valence-electron chi connectivity index (χ2n) is 7.00.